The number of nitrogens with zero attached hydrogens (tertiary/aromatic N) is 2. The topological polar surface area (TPSA) is 58.6 Å². The summed E-state index contributed by atoms with van der Waals surface area (Å²) in [7, 11) is 5.52. The maximum absolute atomic E-state index is 11.2. The molecule has 2 rings (SSSR count). The van der Waals surface area contributed by atoms with Gasteiger partial charge in [0.15, 0.2) is 0 Å². The second kappa shape index (κ2) is 2.85. The van der Waals surface area contributed by atoms with E-state index in [2.05, 4.69) is 15.0 Å². The van der Waals surface area contributed by atoms with Gasteiger partial charge in [0.25, 0.3) is 5.56 Å². The van der Waals surface area contributed by atoms with Crippen molar-refractivity contribution in [3.05, 3.63) is 27.9 Å². The van der Waals surface area contributed by atoms with E-state index in [1.54, 1.807) is 0 Å². The number of H-pyrrole nitrogens is 1. The van der Waals surface area contributed by atoms with Gasteiger partial charge >= 0.3 is 0 Å². The number of pyridine rings is 1. The molecule has 0 aromatic carbocycles. The summed E-state index contributed by atoms with van der Waals surface area (Å²) in [6.45, 7) is 0. The minimum Gasteiger partial charge on any atom is -0.313 e. The first kappa shape index (κ1) is 8.25. The Morgan fingerprint density at radius 3 is 3.08 bits per heavy atom. The average molecular weight is 191 g/mol. The number of rotatable bonds is 0. The molecular formula is C7H3BClN3O. The molecule has 0 fully saturated rings. The van der Waals surface area contributed by atoms with Crippen LogP contribution in [0, 0.1) is 0 Å². The van der Waals surface area contributed by atoms with Crippen LogP contribution >= 0.6 is 11.6 Å². The molecule has 13 heavy (non-hydrogen) atoms. The van der Waals surface area contributed by atoms with Crippen molar-refractivity contribution in [3.63, 3.8) is 0 Å². The predicted octanol–water partition coefficient (Wildman–Crippen LogP) is -0.235. The van der Waals surface area contributed by atoms with Crippen molar-refractivity contribution in [1.82, 2.24) is 15.0 Å². The molecule has 0 saturated heterocycles. The Morgan fingerprint density at radius 1 is 1.54 bits per heavy atom. The van der Waals surface area contributed by atoms with Crippen LogP contribution in [0.1, 0.15) is 0 Å². The van der Waals surface area contributed by atoms with Gasteiger partial charge in [-0.05, 0) is 6.07 Å². The van der Waals surface area contributed by atoms with Crippen LogP contribution in [0.25, 0.3) is 10.9 Å². The minimum atomic E-state index is -0.277. The highest BCUT2D eigenvalue weighted by Gasteiger charge is 2.04. The summed E-state index contributed by atoms with van der Waals surface area (Å²) in [6.07, 6.45) is 1.27. The van der Waals surface area contributed by atoms with Crippen LogP contribution in [0.15, 0.2) is 17.2 Å². The molecule has 4 nitrogen and oxygen atoms in total. The fourth-order valence-corrected chi connectivity index (χ4v) is 1.27. The molecule has 6 heteroatoms. The van der Waals surface area contributed by atoms with E-state index in [1.807, 2.05) is 0 Å². The van der Waals surface area contributed by atoms with E-state index in [9.17, 15) is 4.79 Å². The number of hydrogen-bond donors (Lipinski definition) is 1. The fraction of sp³-hybridized carbons (Fsp3) is 0. The van der Waals surface area contributed by atoms with Gasteiger partial charge in [0, 0.05) is 5.59 Å². The molecule has 2 aromatic heterocycles. The lowest BCUT2D eigenvalue weighted by atomic mass is 10.0. The molecule has 62 valence electrons. The Bertz CT molecular complexity index is 525. The number of hydrogen-bond acceptors (Lipinski definition) is 3. The van der Waals surface area contributed by atoms with Crippen LogP contribution in [0.2, 0.25) is 5.15 Å². The van der Waals surface area contributed by atoms with E-state index >= 15 is 0 Å². The van der Waals surface area contributed by atoms with Crippen molar-refractivity contribution in [2.45, 2.75) is 0 Å². The van der Waals surface area contributed by atoms with Gasteiger partial charge in [-0.3, -0.25) is 9.78 Å². The summed E-state index contributed by atoms with van der Waals surface area (Å²) in [4.78, 5) is 21.3. The van der Waals surface area contributed by atoms with Crippen molar-refractivity contribution in [1.29, 1.82) is 0 Å². The van der Waals surface area contributed by atoms with Crippen molar-refractivity contribution in [3.8, 4) is 0 Å². The normalized spacial score (nSPS) is 10.5. The lowest BCUT2D eigenvalue weighted by molar-refractivity contribution is 1.17. The lowest BCUT2D eigenvalue weighted by Gasteiger charge is -1.99. The van der Waals surface area contributed by atoms with Crippen molar-refractivity contribution in [2.75, 3.05) is 0 Å². The number of aromatic amines is 1. The Balaban J connectivity index is 3.03. The predicted molar refractivity (Wildman–Crippen MR) is 50.6 cm³/mol. The number of halogens is 1. The Kier molecular flexibility index (Phi) is 1.81. The molecular weight excluding hydrogens is 188 g/mol. The SMILES string of the molecule is [B]c1nc(Cl)cc2c(=O)[nH]cnc12. The molecule has 0 bridgehead atoms. The van der Waals surface area contributed by atoms with Crippen molar-refractivity contribution < 1.29 is 0 Å². The summed E-state index contributed by atoms with van der Waals surface area (Å²) >= 11 is 5.62. The van der Waals surface area contributed by atoms with Gasteiger partial charge in [0.2, 0.25) is 0 Å². The van der Waals surface area contributed by atoms with Crippen LogP contribution in [0.5, 0.6) is 0 Å². The molecule has 1 N–H and O–H groups in total. The molecule has 2 radical (unpaired) electrons. The summed E-state index contributed by atoms with van der Waals surface area (Å²) in [5.74, 6) is 0. The van der Waals surface area contributed by atoms with Crippen LogP contribution in [0.3, 0.4) is 0 Å². The average Bonchev–Trinajstić information content (AvgIpc) is 2.07. The van der Waals surface area contributed by atoms with Gasteiger partial charge in [-0.1, -0.05) is 11.6 Å². The largest absolute Gasteiger partial charge is 0.313 e. The molecule has 0 aliphatic rings. The molecule has 0 aliphatic carbocycles. The maximum Gasteiger partial charge on any atom is 0.258 e. The second-order valence-corrected chi connectivity index (χ2v) is 2.85. The Morgan fingerprint density at radius 2 is 2.31 bits per heavy atom. The van der Waals surface area contributed by atoms with E-state index in [0.717, 1.165) is 0 Å². The summed E-state index contributed by atoms with van der Waals surface area (Å²) in [6, 6.07) is 1.43. The van der Waals surface area contributed by atoms with E-state index < -0.39 is 0 Å². The quantitative estimate of drug-likeness (QED) is 0.462. The van der Waals surface area contributed by atoms with Gasteiger partial charge in [0.05, 0.1) is 17.2 Å². The van der Waals surface area contributed by atoms with Crippen molar-refractivity contribution in [2.24, 2.45) is 0 Å². The number of nitrogens with one attached hydrogen (secondary N) is 1. The summed E-state index contributed by atoms with van der Waals surface area (Å²) in [5.41, 5.74) is 0.253. The molecule has 2 heterocycles. The molecule has 0 atom stereocenters. The van der Waals surface area contributed by atoms with Crippen LogP contribution < -0.4 is 11.2 Å². The van der Waals surface area contributed by atoms with Gasteiger partial charge in [0.1, 0.15) is 13.0 Å². The first-order valence-electron chi connectivity index (χ1n) is 3.48. The molecule has 0 amide bonds. The fourth-order valence-electron chi connectivity index (χ4n) is 1.07. The summed E-state index contributed by atoms with van der Waals surface area (Å²) < 4.78 is 0. The van der Waals surface area contributed by atoms with Gasteiger partial charge in [-0.15, -0.1) is 0 Å². The van der Waals surface area contributed by atoms with E-state index in [4.69, 9.17) is 19.4 Å². The Hall–Kier alpha value is -1.36. The molecule has 0 unspecified atom stereocenters. The van der Waals surface area contributed by atoms with E-state index in [0.29, 0.717) is 10.9 Å². The molecule has 0 spiro atoms. The monoisotopic (exact) mass is 191 g/mol. The first-order chi connectivity index (χ1) is 6.18. The van der Waals surface area contributed by atoms with E-state index in [-0.39, 0.29) is 16.3 Å². The zero-order valence-corrected chi connectivity index (χ0v) is 7.17. The van der Waals surface area contributed by atoms with Crippen LogP contribution in [-0.2, 0) is 0 Å². The molecule has 0 aliphatic heterocycles. The highest BCUT2D eigenvalue weighted by atomic mass is 35.5. The van der Waals surface area contributed by atoms with Crippen molar-refractivity contribution >= 4 is 35.9 Å². The second-order valence-electron chi connectivity index (χ2n) is 2.46. The number of fused-ring (bicyclic) bond motifs is 1. The van der Waals surface area contributed by atoms with Gasteiger partial charge < -0.3 is 4.98 Å². The minimum absolute atomic E-state index is 0.161. The van der Waals surface area contributed by atoms with Gasteiger partial charge in [-0.25, -0.2) is 4.98 Å². The summed E-state index contributed by atoms with van der Waals surface area (Å²) in [5, 5.41) is 0.531. The standard InChI is InChI=1S/C7H3BClN3O/c8-6-5-3(1-4(9)12-6)7(13)11-2-10-5/h1-2H,(H,10,11,13). The third-order valence-corrected chi connectivity index (χ3v) is 1.82. The lowest BCUT2D eigenvalue weighted by Crippen LogP contribution is -2.16. The van der Waals surface area contributed by atoms with Crippen LogP contribution in [-0.4, -0.2) is 22.8 Å². The van der Waals surface area contributed by atoms with Crippen LogP contribution in [0.4, 0.5) is 0 Å². The smallest absolute Gasteiger partial charge is 0.258 e. The third kappa shape index (κ3) is 1.31. The third-order valence-electron chi connectivity index (χ3n) is 1.62. The highest BCUT2D eigenvalue weighted by molar-refractivity contribution is 6.38. The zero-order valence-electron chi connectivity index (χ0n) is 6.41. The molecule has 2 aromatic rings. The van der Waals surface area contributed by atoms with E-state index in [1.165, 1.54) is 12.4 Å². The first-order valence-corrected chi connectivity index (χ1v) is 3.85. The highest BCUT2D eigenvalue weighted by Crippen LogP contribution is 2.07. The van der Waals surface area contributed by atoms with Gasteiger partial charge in [-0.2, -0.15) is 0 Å². The zero-order chi connectivity index (χ0) is 9.42. The molecule has 0 saturated carbocycles. The number of aromatic nitrogens is 3. The maximum atomic E-state index is 11.2. The Labute approximate surface area is 79.4 Å².